The Bertz CT molecular complexity index is 1490. The van der Waals surface area contributed by atoms with Gasteiger partial charge in [-0.05, 0) is 60.9 Å². The quantitative estimate of drug-likeness (QED) is 0.481. The van der Waals surface area contributed by atoms with Crippen molar-refractivity contribution in [3.05, 3.63) is 53.7 Å². The highest BCUT2D eigenvalue weighted by atomic mass is 32.1. The van der Waals surface area contributed by atoms with Crippen LogP contribution in [0.25, 0.3) is 16.8 Å². The maximum atomic E-state index is 13.8. The van der Waals surface area contributed by atoms with Crippen LogP contribution < -0.4 is 10.2 Å². The summed E-state index contributed by atoms with van der Waals surface area (Å²) in [7, 11) is 0. The van der Waals surface area contributed by atoms with E-state index in [2.05, 4.69) is 24.7 Å². The zero-order valence-corrected chi connectivity index (χ0v) is 19.3. The van der Waals surface area contributed by atoms with Gasteiger partial charge in [0, 0.05) is 48.3 Å². The van der Waals surface area contributed by atoms with E-state index < -0.39 is 5.82 Å². The van der Waals surface area contributed by atoms with Gasteiger partial charge in [0.15, 0.2) is 5.65 Å². The van der Waals surface area contributed by atoms with Gasteiger partial charge in [-0.15, -0.1) is 5.10 Å². The molecule has 8 nitrogen and oxygen atoms in total. The Morgan fingerprint density at radius 1 is 1.26 bits per heavy atom. The first-order chi connectivity index (χ1) is 16.6. The Kier molecular flexibility index (Phi) is 4.06. The lowest BCUT2D eigenvalue weighted by Gasteiger charge is -2.65. The number of aromatic nitrogens is 5. The number of benzene rings is 1. The summed E-state index contributed by atoms with van der Waals surface area (Å²) in [6.07, 6.45) is 4.35. The average Bonchev–Trinajstić information content (AvgIpc) is 3.54. The minimum atomic E-state index is -0.523. The molecule has 10 heteroatoms. The van der Waals surface area contributed by atoms with Crippen LogP contribution in [-0.4, -0.2) is 43.1 Å². The van der Waals surface area contributed by atoms with Crippen LogP contribution in [0.5, 0.6) is 0 Å². The van der Waals surface area contributed by atoms with Crippen LogP contribution in [-0.2, 0) is 0 Å². The topological polar surface area (TPSA) is 95.0 Å². The average molecular weight is 473 g/mol. The van der Waals surface area contributed by atoms with E-state index in [1.54, 1.807) is 16.6 Å². The zero-order valence-electron chi connectivity index (χ0n) is 18.4. The molecule has 0 radical (unpaired) electrons. The van der Waals surface area contributed by atoms with Crippen molar-refractivity contribution >= 4 is 28.3 Å². The second-order valence-corrected chi connectivity index (χ2v) is 10.3. The van der Waals surface area contributed by atoms with Crippen molar-refractivity contribution in [3.63, 3.8) is 0 Å². The zero-order chi connectivity index (χ0) is 23.0. The maximum Gasteiger partial charge on any atom is 0.243 e. The number of halogens is 1. The molecule has 1 saturated heterocycles. The number of rotatable bonds is 4. The molecule has 2 saturated carbocycles. The second-order valence-electron chi connectivity index (χ2n) is 9.59. The third-order valence-electron chi connectivity index (χ3n) is 8.01. The van der Waals surface area contributed by atoms with Crippen LogP contribution in [0, 0.1) is 41.3 Å². The minimum Gasteiger partial charge on any atom is -0.350 e. The van der Waals surface area contributed by atoms with E-state index in [9.17, 15) is 9.65 Å². The maximum absolute atomic E-state index is 13.8. The lowest BCUT2D eigenvalue weighted by atomic mass is 9.41. The molecular formula is C24H21FN8S. The molecule has 4 heterocycles. The van der Waals surface area contributed by atoms with Gasteiger partial charge in [-0.25, -0.2) is 13.9 Å². The van der Waals surface area contributed by atoms with E-state index in [0.29, 0.717) is 34.9 Å². The molecule has 0 bridgehead atoms. The second kappa shape index (κ2) is 6.96. The van der Waals surface area contributed by atoms with Gasteiger partial charge >= 0.3 is 0 Å². The van der Waals surface area contributed by atoms with E-state index in [-0.39, 0.29) is 5.56 Å². The number of anilines is 2. The van der Waals surface area contributed by atoms with Gasteiger partial charge in [0.05, 0.1) is 5.56 Å². The molecule has 1 N–H and O–H groups in total. The van der Waals surface area contributed by atoms with E-state index in [4.69, 9.17) is 4.98 Å². The third-order valence-corrected chi connectivity index (χ3v) is 8.88. The van der Waals surface area contributed by atoms with Gasteiger partial charge in [0.2, 0.25) is 11.1 Å². The number of nitrogens with one attached hydrogen (secondary N) is 1. The first kappa shape index (κ1) is 19.9. The number of pyridine rings is 1. The Morgan fingerprint density at radius 2 is 2.18 bits per heavy atom. The highest BCUT2D eigenvalue weighted by molar-refractivity contribution is 7.09. The largest absolute Gasteiger partial charge is 0.350 e. The standard InChI is InChI=1S/C24H21FN8S/c1-13-27-23(34-31-13)32-11-18-20(17-6-7-24(17,18)12-32)28-22-29-21-16(3-2-8-33(21)30-22)14-4-5-19(25)15(9-14)10-26/h2-5,8-9,17-18,20H,6-7,11-12H2,1H3,(H,28,30). The Balaban J connectivity index is 1.17. The SMILES string of the molecule is Cc1nsc(N2CC3C(Nc4nc5c(-c6ccc(F)c(C#N)c6)cccn5n4)C4CCC43C2)n1. The van der Waals surface area contributed by atoms with Crippen LogP contribution in [0.3, 0.4) is 0 Å². The first-order valence-electron chi connectivity index (χ1n) is 11.4. The molecule has 34 heavy (non-hydrogen) atoms. The van der Waals surface area contributed by atoms with Crippen LogP contribution >= 0.6 is 11.5 Å². The molecular weight excluding hydrogens is 451 g/mol. The Labute approximate surface area is 199 Å². The molecule has 4 aromatic rings. The molecule has 0 amide bonds. The first-order valence-corrected chi connectivity index (χ1v) is 12.2. The number of nitriles is 1. The molecule has 1 aliphatic heterocycles. The summed E-state index contributed by atoms with van der Waals surface area (Å²) in [4.78, 5) is 11.8. The molecule has 7 rings (SSSR count). The molecule has 3 fully saturated rings. The Morgan fingerprint density at radius 3 is 2.94 bits per heavy atom. The molecule has 170 valence electrons. The highest BCUT2D eigenvalue weighted by Gasteiger charge is 2.70. The van der Waals surface area contributed by atoms with Crippen LogP contribution in [0.1, 0.15) is 24.2 Å². The van der Waals surface area contributed by atoms with E-state index >= 15 is 0 Å². The summed E-state index contributed by atoms with van der Waals surface area (Å²) < 4.78 is 19.9. The number of aryl methyl sites for hydroxylation is 1. The third kappa shape index (κ3) is 2.67. The fraction of sp³-hybridized carbons (Fsp3) is 0.375. The lowest BCUT2D eigenvalue weighted by molar-refractivity contribution is -0.117. The van der Waals surface area contributed by atoms with Gasteiger partial charge in [0.25, 0.3) is 0 Å². The summed E-state index contributed by atoms with van der Waals surface area (Å²) >= 11 is 1.49. The molecule has 4 atom stereocenters. The van der Waals surface area contributed by atoms with Crippen molar-refractivity contribution in [1.29, 1.82) is 5.26 Å². The monoisotopic (exact) mass is 472 g/mol. The summed E-state index contributed by atoms with van der Waals surface area (Å²) in [6, 6.07) is 10.6. The molecule has 2 aliphatic carbocycles. The summed E-state index contributed by atoms with van der Waals surface area (Å²) in [6.45, 7) is 3.98. The summed E-state index contributed by atoms with van der Waals surface area (Å²) in [5, 5.41) is 18.6. The molecule has 3 aliphatic rings. The van der Waals surface area contributed by atoms with Crippen molar-refractivity contribution in [2.24, 2.45) is 17.3 Å². The van der Waals surface area contributed by atoms with Crippen LogP contribution in [0.15, 0.2) is 36.5 Å². The number of hydrogen-bond donors (Lipinski definition) is 1. The van der Waals surface area contributed by atoms with Crippen molar-refractivity contribution in [2.45, 2.75) is 25.8 Å². The van der Waals surface area contributed by atoms with E-state index in [0.717, 1.165) is 35.2 Å². The number of fused-ring (bicyclic) bond motifs is 1. The van der Waals surface area contributed by atoms with Crippen molar-refractivity contribution in [2.75, 3.05) is 23.3 Å². The molecule has 1 spiro atoms. The van der Waals surface area contributed by atoms with E-state index in [1.807, 2.05) is 31.3 Å². The van der Waals surface area contributed by atoms with Gasteiger partial charge < -0.3 is 10.2 Å². The van der Waals surface area contributed by atoms with Gasteiger partial charge in [-0.1, -0.05) is 6.07 Å². The molecule has 3 aromatic heterocycles. The number of hydrogen-bond acceptors (Lipinski definition) is 8. The van der Waals surface area contributed by atoms with Crippen molar-refractivity contribution in [3.8, 4) is 17.2 Å². The molecule has 4 unspecified atom stereocenters. The van der Waals surface area contributed by atoms with E-state index in [1.165, 1.54) is 30.4 Å². The smallest absolute Gasteiger partial charge is 0.243 e. The molecule has 1 aromatic carbocycles. The normalized spacial score (nSPS) is 27.0. The van der Waals surface area contributed by atoms with Crippen molar-refractivity contribution in [1.82, 2.24) is 24.0 Å². The minimum absolute atomic E-state index is 0.0181. The predicted octanol–water partition coefficient (Wildman–Crippen LogP) is 3.89. The predicted molar refractivity (Wildman–Crippen MR) is 126 cm³/mol. The van der Waals surface area contributed by atoms with Crippen molar-refractivity contribution < 1.29 is 4.39 Å². The Hall–Kier alpha value is -3.58. The highest BCUT2D eigenvalue weighted by Crippen LogP contribution is 2.68. The van der Waals surface area contributed by atoms with Crippen LogP contribution in [0.4, 0.5) is 15.5 Å². The van der Waals surface area contributed by atoms with Crippen LogP contribution in [0.2, 0.25) is 0 Å². The fourth-order valence-corrected chi connectivity index (χ4v) is 7.03. The van der Waals surface area contributed by atoms with Gasteiger partial charge in [-0.3, -0.25) is 0 Å². The van der Waals surface area contributed by atoms with Gasteiger partial charge in [0.1, 0.15) is 17.7 Å². The summed E-state index contributed by atoms with van der Waals surface area (Å²) in [5.74, 6) is 2.08. The fourth-order valence-electron chi connectivity index (χ4n) is 6.35. The number of nitrogens with zero attached hydrogens (tertiary/aromatic N) is 7. The lowest BCUT2D eigenvalue weighted by Crippen LogP contribution is -2.68. The summed E-state index contributed by atoms with van der Waals surface area (Å²) in [5.41, 5.74) is 2.62. The van der Waals surface area contributed by atoms with Gasteiger partial charge in [-0.2, -0.15) is 14.6 Å².